The molecule has 1 heterocycles. The Labute approximate surface area is 135 Å². The van der Waals surface area contributed by atoms with Crippen LogP contribution in [0.4, 0.5) is 0 Å². The zero-order valence-electron chi connectivity index (χ0n) is 13.1. The maximum atomic E-state index is 10.9. The van der Waals surface area contributed by atoms with Crippen molar-refractivity contribution >= 4 is 15.9 Å². The molecule has 1 aromatic rings. The van der Waals surface area contributed by atoms with Crippen LogP contribution in [-0.2, 0) is 0 Å². The average molecular weight is 358 g/mol. The van der Waals surface area contributed by atoms with Gasteiger partial charge in [-0.1, -0.05) is 0 Å². The van der Waals surface area contributed by atoms with Crippen molar-refractivity contribution in [2.45, 2.75) is 38.3 Å². The largest absolute Gasteiger partial charge is 0.495 e. The first-order valence-electron chi connectivity index (χ1n) is 7.27. The fourth-order valence-electron chi connectivity index (χ4n) is 2.98. The highest BCUT2D eigenvalue weighted by Gasteiger charge is 2.38. The molecule has 118 valence electrons. The van der Waals surface area contributed by atoms with E-state index in [1.807, 2.05) is 12.1 Å². The molecule has 5 heteroatoms. The summed E-state index contributed by atoms with van der Waals surface area (Å²) >= 11 is 3.50. The van der Waals surface area contributed by atoms with E-state index in [1.54, 1.807) is 14.2 Å². The van der Waals surface area contributed by atoms with Gasteiger partial charge in [-0.2, -0.15) is 0 Å². The Balaban J connectivity index is 2.38. The van der Waals surface area contributed by atoms with Gasteiger partial charge in [-0.05, 0) is 67.8 Å². The molecule has 1 aliphatic heterocycles. The average Bonchev–Trinajstić information content (AvgIpc) is 3.01. The lowest BCUT2D eigenvalue weighted by atomic mass is 9.89. The topological polar surface area (TPSA) is 41.9 Å². The van der Waals surface area contributed by atoms with Crippen molar-refractivity contribution in [2.75, 3.05) is 27.3 Å². The van der Waals surface area contributed by atoms with Crippen molar-refractivity contribution < 1.29 is 14.6 Å². The van der Waals surface area contributed by atoms with Crippen LogP contribution in [0.3, 0.4) is 0 Å². The van der Waals surface area contributed by atoms with Crippen LogP contribution in [0.2, 0.25) is 0 Å². The number of likely N-dealkylation sites (tertiary alicyclic amines) is 1. The van der Waals surface area contributed by atoms with Gasteiger partial charge in [0.05, 0.1) is 14.2 Å². The highest BCUT2D eigenvalue weighted by atomic mass is 79.9. The van der Waals surface area contributed by atoms with Crippen LogP contribution in [0.1, 0.15) is 38.4 Å². The Hall–Kier alpha value is -0.780. The standard InChI is InChI=1S/C16H24BrNO3/c1-16(2,18-9-5-6-10-18)15(19)11-7-8-12(20-3)13(17)14(11)21-4/h7-8,15,19H,5-6,9-10H2,1-4H3. The molecular weight excluding hydrogens is 334 g/mol. The molecule has 1 aliphatic rings. The van der Waals surface area contributed by atoms with Crippen LogP contribution in [0.25, 0.3) is 0 Å². The number of halogens is 1. The molecule has 0 aliphatic carbocycles. The van der Waals surface area contributed by atoms with E-state index < -0.39 is 6.10 Å². The number of nitrogens with zero attached hydrogens (tertiary/aromatic N) is 1. The van der Waals surface area contributed by atoms with Gasteiger partial charge < -0.3 is 14.6 Å². The van der Waals surface area contributed by atoms with Gasteiger partial charge in [0.1, 0.15) is 22.1 Å². The first kappa shape index (κ1) is 16.6. The lowest BCUT2D eigenvalue weighted by Gasteiger charge is -2.40. The lowest BCUT2D eigenvalue weighted by Crippen LogP contribution is -2.46. The first-order chi connectivity index (χ1) is 9.93. The molecule has 1 unspecified atom stereocenters. The summed E-state index contributed by atoms with van der Waals surface area (Å²) in [5, 5.41) is 10.9. The fraction of sp³-hybridized carbons (Fsp3) is 0.625. The maximum absolute atomic E-state index is 10.9. The van der Waals surface area contributed by atoms with Crippen molar-refractivity contribution in [3.63, 3.8) is 0 Å². The Kier molecular flexibility index (Phi) is 5.17. The van der Waals surface area contributed by atoms with Gasteiger partial charge in [0.25, 0.3) is 0 Å². The zero-order valence-corrected chi connectivity index (χ0v) is 14.7. The number of hydrogen-bond donors (Lipinski definition) is 1. The first-order valence-corrected chi connectivity index (χ1v) is 8.06. The van der Waals surface area contributed by atoms with Crippen LogP contribution in [0.5, 0.6) is 11.5 Å². The Morgan fingerprint density at radius 1 is 1.19 bits per heavy atom. The predicted octanol–water partition coefficient (Wildman–Crippen LogP) is 3.37. The Morgan fingerprint density at radius 2 is 1.81 bits per heavy atom. The lowest BCUT2D eigenvalue weighted by molar-refractivity contribution is -0.0000113. The molecule has 0 bridgehead atoms. The number of methoxy groups -OCH3 is 2. The third-order valence-electron chi connectivity index (χ3n) is 4.40. The summed E-state index contributed by atoms with van der Waals surface area (Å²) in [4.78, 5) is 2.34. The van der Waals surface area contributed by atoms with Crippen LogP contribution >= 0.6 is 15.9 Å². The zero-order chi connectivity index (χ0) is 15.6. The summed E-state index contributed by atoms with van der Waals surface area (Å²) in [6.45, 7) is 6.23. The second kappa shape index (κ2) is 6.55. The fourth-order valence-corrected chi connectivity index (χ4v) is 3.67. The van der Waals surface area contributed by atoms with E-state index in [-0.39, 0.29) is 5.54 Å². The quantitative estimate of drug-likeness (QED) is 0.876. The normalized spacial score (nSPS) is 17.8. The number of benzene rings is 1. The van der Waals surface area contributed by atoms with Crippen molar-refractivity contribution in [1.82, 2.24) is 4.90 Å². The Bertz CT molecular complexity index is 499. The SMILES string of the molecule is COc1ccc(C(O)C(C)(C)N2CCCC2)c(OC)c1Br. The van der Waals surface area contributed by atoms with Crippen molar-refractivity contribution in [3.8, 4) is 11.5 Å². The van der Waals surface area contributed by atoms with E-state index in [0.29, 0.717) is 11.5 Å². The van der Waals surface area contributed by atoms with E-state index in [9.17, 15) is 5.11 Å². The van der Waals surface area contributed by atoms with Crippen LogP contribution < -0.4 is 9.47 Å². The molecule has 0 amide bonds. The number of aliphatic hydroxyl groups is 1. The van der Waals surface area contributed by atoms with E-state index in [4.69, 9.17) is 9.47 Å². The second-order valence-corrected chi connectivity index (χ2v) is 6.75. The van der Waals surface area contributed by atoms with E-state index in [2.05, 4.69) is 34.7 Å². The maximum Gasteiger partial charge on any atom is 0.142 e. The minimum atomic E-state index is -0.632. The smallest absolute Gasteiger partial charge is 0.142 e. The van der Waals surface area contributed by atoms with Crippen LogP contribution in [-0.4, -0.2) is 42.9 Å². The molecule has 1 atom stereocenters. The van der Waals surface area contributed by atoms with Crippen molar-refractivity contribution in [3.05, 3.63) is 22.2 Å². The summed E-state index contributed by atoms with van der Waals surface area (Å²) in [7, 11) is 3.22. The molecule has 0 saturated carbocycles. The van der Waals surface area contributed by atoms with Gasteiger partial charge >= 0.3 is 0 Å². The summed E-state index contributed by atoms with van der Waals surface area (Å²) < 4.78 is 11.5. The molecule has 21 heavy (non-hydrogen) atoms. The molecule has 0 spiro atoms. The van der Waals surface area contributed by atoms with E-state index in [0.717, 1.165) is 23.1 Å². The Morgan fingerprint density at radius 3 is 2.33 bits per heavy atom. The van der Waals surface area contributed by atoms with Gasteiger partial charge in [0.2, 0.25) is 0 Å². The van der Waals surface area contributed by atoms with Gasteiger partial charge in [-0.3, -0.25) is 4.90 Å². The minimum Gasteiger partial charge on any atom is -0.495 e. The van der Waals surface area contributed by atoms with E-state index >= 15 is 0 Å². The second-order valence-electron chi connectivity index (χ2n) is 5.95. The molecule has 0 radical (unpaired) electrons. The van der Waals surface area contributed by atoms with Crippen LogP contribution in [0, 0.1) is 0 Å². The third kappa shape index (κ3) is 3.05. The monoisotopic (exact) mass is 357 g/mol. The van der Waals surface area contributed by atoms with Gasteiger partial charge in [-0.25, -0.2) is 0 Å². The predicted molar refractivity (Wildman–Crippen MR) is 87.1 cm³/mol. The molecule has 4 nitrogen and oxygen atoms in total. The summed E-state index contributed by atoms with van der Waals surface area (Å²) in [6, 6.07) is 3.73. The minimum absolute atomic E-state index is 0.336. The van der Waals surface area contributed by atoms with E-state index in [1.165, 1.54) is 12.8 Å². The van der Waals surface area contributed by atoms with Gasteiger partial charge in [0, 0.05) is 11.1 Å². The summed E-state index contributed by atoms with van der Waals surface area (Å²) in [6.07, 6.45) is 1.76. The number of hydrogen-bond acceptors (Lipinski definition) is 4. The van der Waals surface area contributed by atoms with Crippen molar-refractivity contribution in [2.24, 2.45) is 0 Å². The molecule has 0 aromatic heterocycles. The summed E-state index contributed by atoms with van der Waals surface area (Å²) in [5.41, 5.74) is 0.444. The highest BCUT2D eigenvalue weighted by molar-refractivity contribution is 9.10. The number of rotatable bonds is 5. The number of aliphatic hydroxyl groups excluding tert-OH is 1. The molecule has 1 N–H and O–H groups in total. The van der Waals surface area contributed by atoms with Gasteiger partial charge in [0.15, 0.2) is 0 Å². The molecule has 1 saturated heterocycles. The molecular formula is C16H24BrNO3. The third-order valence-corrected chi connectivity index (χ3v) is 5.15. The highest BCUT2D eigenvalue weighted by Crippen LogP contribution is 2.43. The van der Waals surface area contributed by atoms with Gasteiger partial charge in [-0.15, -0.1) is 0 Å². The van der Waals surface area contributed by atoms with Crippen LogP contribution in [0.15, 0.2) is 16.6 Å². The molecule has 1 aromatic carbocycles. The molecule has 1 fully saturated rings. The van der Waals surface area contributed by atoms with Crippen molar-refractivity contribution in [1.29, 1.82) is 0 Å². The molecule has 2 rings (SSSR count). The summed E-state index contributed by atoms with van der Waals surface area (Å²) in [5.74, 6) is 1.33. The number of ether oxygens (including phenoxy) is 2.